The molecule has 0 saturated carbocycles. The molecule has 0 unspecified atom stereocenters. The van der Waals surface area contributed by atoms with Gasteiger partial charge in [-0.25, -0.2) is 4.79 Å². The number of aryl methyl sites for hydroxylation is 3. The number of benzene rings is 3. The number of aromatic nitrogens is 3. The van der Waals surface area contributed by atoms with Gasteiger partial charge >= 0.3 is 5.97 Å². The molecular weight excluding hydrogens is 632 g/mol. The van der Waals surface area contributed by atoms with E-state index in [2.05, 4.69) is 62.2 Å². The third kappa shape index (κ3) is 6.95. The van der Waals surface area contributed by atoms with Gasteiger partial charge < -0.3 is 24.1 Å². The standard InChI is InChI=1S/C36H43BrN4O4/c1-5-44-36(42)35-28(18-12-22-45-32-19-10-14-25-13-6-7-15-26(25)32)27-16-11-17-29(34(27)41(35)21-9-8-20-38-2)33-30(24-43-4)39-40(3)31(33)23-37/h6-7,10-11,13-17,19,38H,5,8-9,12,18,20-24H2,1-4H3. The van der Waals surface area contributed by atoms with Crippen LogP contribution in [0.3, 0.4) is 0 Å². The number of halogens is 1. The number of carbonyl (C=O) groups is 1. The van der Waals surface area contributed by atoms with Gasteiger partial charge in [-0.15, -0.1) is 0 Å². The van der Waals surface area contributed by atoms with E-state index in [0.717, 1.165) is 81.3 Å². The second-order valence-corrected chi connectivity index (χ2v) is 11.7. The SMILES string of the molecule is CCOC(=O)c1c(CCCOc2cccc3ccccc23)c2cccc(-c3c(COC)nn(C)c3CBr)c2n1CCCCNC. The number of nitrogens with zero attached hydrogens (tertiary/aromatic N) is 3. The molecule has 0 spiro atoms. The van der Waals surface area contributed by atoms with Crippen molar-refractivity contribution in [1.82, 2.24) is 19.7 Å². The average molecular weight is 676 g/mol. The Balaban J connectivity index is 1.59. The summed E-state index contributed by atoms with van der Waals surface area (Å²) in [5.41, 5.74) is 6.66. The molecule has 9 heteroatoms. The van der Waals surface area contributed by atoms with Crippen LogP contribution in [0.1, 0.15) is 53.6 Å². The summed E-state index contributed by atoms with van der Waals surface area (Å²) in [6, 6.07) is 20.7. The Kier molecular flexibility index (Phi) is 11.3. The summed E-state index contributed by atoms with van der Waals surface area (Å²) in [7, 11) is 5.61. The number of nitrogens with one attached hydrogen (secondary N) is 1. The van der Waals surface area contributed by atoms with Crippen LogP contribution in [0.2, 0.25) is 0 Å². The van der Waals surface area contributed by atoms with Crippen LogP contribution in [0.5, 0.6) is 5.75 Å². The summed E-state index contributed by atoms with van der Waals surface area (Å²) in [6.07, 6.45) is 3.32. The van der Waals surface area contributed by atoms with Crippen molar-refractivity contribution in [3.8, 4) is 16.9 Å². The Morgan fingerprint density at radius 3 is 2.56 bits per heavy atom. The van der Waals surface area contributed by atoms with Gasteiger partial charge in [0.05, 0.1) is 36.7 Å². The van der Waals surface area contributed by atoms with Gasteiger partial charge in [-0.1, -0.05) is 70.5 Å². The van der Waals surface area contributed by atoms with Gasteiger partial charge in [0.25, 0.3) is 0 Å². The zero-order chi connectivity index (χ0) is 31.8. The number of hydrogen-bond donors (Lipinski definition) is 1. The first-order valence-electron chi connectivity index (χ1n) is 15.7. The van der Waals surface area contributed by atoms with E-state index in [-0.39, 0.29) is 5.97 Å². The van der Waals surface area contributed by atoms with Gasteiger partial charge in [-0.05, 0) is 63.2 Å². The van der Waals surface area contributed by atoms with E-state index in [1.54, 1.807) is 7.11 Å². The third-order valence-electron chi connectivity index (χ3n) is 8.21. The number of hydrogen-bond acceptors (Lipinski definition) is 6. The largest absolute Gasteiger partial charge is 0.493 e. The van der Waals surface area contributed by atoms with Crippen LogP contribution in [0.15, 0.2) is 60.7 Å². The van der Waals surface area contributed by atoms with Crippen molar-refractivity contribution < 1.29 is 19.0 Å². The normalized spacial score (nSPS) is 11.5. The molecule has 5 rings (SSSR count). The second-order valence-electron chi connectivity index (χ2n) is 11.1. The number of alkyl halides is 1. The lowest BCUT2D eigenvalue weighted by atomic mass is 9.98. The highest BCUT2D eigenvalue weighted by Crippen LogP contribution is 2.39. The Morgan fingerprint density at radius 2 is 1.78 bits per heavy atom. The molecule has 0 amide bonds. The highest BCUT2D eigenvalue weighted by molar-refractivity contribution is 9.08. The predicted molar refractivity (Wildman–Crippen MR) is 184 cm³/mol. The maximum Gasteiger partial charge on any atom is 0.355 e. The van der Waals surface area contributed by atoms with E-state index in [4.69, 9.17) is 19.3 Å². The monoisotopic (exact) mass is 674 g/mol. The summed E-state index contributed by atoms with van der Waals surface area (Å²) in [4.78, 5) is 13.8. The maximum atomic E-state index is 13.8. The molecule has 5 aromatic rings. The van der Waals surface area contributed by atoms with Crippen LogP contribution in [0.25, 0.3) is 32.8 Å². The molecule has 2 heterocycles. The summed E-state index contributed by atoms with van der Waals surface area (Å²) in [5, 5.41) is 12.0. The van der Waals surface area contributed by atoms with E-state index in [0.29, 0.717) is 43.8 Å². The Bertz CT molecular complexity index is 1750. The molecule has 0 aliphatic carbocycles. The van der Waals surface area contributed by atoms with Crippen molar-refractivity contribution in [2.24, 2.45) is 7.05 Å². The van der Waals surface area contributed by atoms with E-state index < -0.39 is 0 Å². The molecule has 2 aromatic heterocycles. The molecule has 0 saturated heterocycles. The topological polar surface area (TPSA) is 79.5 Å². The van der Waals surface area contributed by atoms with Gasteiger partial charge in [0, 0.05) is 47.9 Å². The van der Waals surface area contributed by atoms with Crippen molar-refractivity contribution in [3.05, 3.63) is 83.3 Å². The first-order valence-corrected chi connectivity index (χ1v) is 16.8. The van der Waals surface area contributed by atoms with Crippen LogP contribution in [0, 0.1) is 0 Å². The molecule has 45 heavy (non-hydrogen) atoms. The van der Waals surface area contributed by atoms with Crippen LogP contribution in [-0.4, -0.2) is 54.2 Å². The average Bonchev–Trinajstić information content (AvgIpc) is 3.54. The van der Waals surface area contributed by atoms with Gasteiger partial charge in [0.15, 0.2) is 0 Å². The van der Waals surface area contributed by atoms with Gasteiger partial charge in [0.1, 0.15) is 11.4 Å². The lowest BCUT2D eigenvalue weighted by Gasteiger charge is -2.14. The summed E-state index contributed by atoms with van der Waals surface area (Å²) in [5.74, 6) is 0.583. The highest BCUT2D eigenvalue weighted by Gasteiger charge is 2.28. The molecule has 0 aliphatic rings. The minimum atomic E-state index is -0.290. The maximum absolute atomic E-state index is 13.8. The number of esters is 1. The number of rotatable bonds is 16. The molecule has 238 valence electrons. The van der Waals surface area contributed by atoms with Crippen molar-refractivity contribution >= 4 is 43.6 Å². The minimum absolute atomic E-state index is 0.290. The summed E-state index contributed by atoms with van der Waals surface area (Å²) in [6.45, 7) is 4.69. The second kappa shape index (κ2) is 15.6. The van der Waals surface area contributed by atoms with Crippen molar-refractivity contribution in [1.29, 1.82) is 0 Å². The molecule has 1 N–H and O–H groups in total. The van der Waals surface area contributed by atoms with Gasteiger partial charge in [-0.2, -0.15) is 5.10 Å². The smallest absolute Gasteiger partial charge is 0.355 e. The minimum Gasteiger partial charge on any atom is -0.493 e. The summed E-state index contributed by atoms with van der Waals surface area (Å²) >= 11 is 3.70. The molecule has 0 aliphatic heterocycles. The fourth-order valence-electron chi connectivity index (χ4n) is 6.24. The Hall–Kier alpha value is -3.66. The number of para-hydroxylation sites is 1. The number of methoxy groups -OCH3 is 1. The van der Waals surface area contributed by atoms with E-state index in [9.17, 15) is 4.79 Å². The number of fused-ring (bicyclic) bond motifs is 2. The first-order chi connectivity index (χ1) is 22.0. The van der Waals surface area contributed by atoms with E-state index in [1.807, 2.05) is 50.0 Å². The van der Waals surface area contributed by atoms with Crippen LogP contribution >= 0.6 is 15.9 Å². The number of carbonyl (C=O) groups excluding carboxylic acids is 1. The molecule has 8 nitrogen and oxygen atoms in total. The highest BCUT2D eigenvalue weighted by atomic mass is 79.9. The summed E-state index contributed by atoms with van der Waals surface area (Å²) < 4.78 is 21.7. The lowest BCUT2D eigenvalue weighted by molar-refractivity contribution is 0.0512. The van der Waals surface area contributed by atoms with Crippen LogP contribution < -0.4 is 10.1 Å². The fourth-order valence-corrected chi connectivity index (χ4v) is 6.88. The predicted octanol–water partition coefficient (Wildman–Crippen LogP) is 7.42. The van der Waals surface area contributed by atoms with Crippen LogP contribution in [-0.2, 0) is 41.4 Å². The fraction of sp³-hybridized carbons (Fsp3) is 0.389. The van der Waals surface area contributed by atoms with Crippen molar-refractivity contribution in [3.63, 3.8) is 0 Å². The molecule has 0 bridgehead atoms. The molecule has 0 fully saturated rings. The van der Waals surface area contributed by atoms with Crippen molar-refractivity contribution in [2.75, 3.05) is 33.9 Å². The molecule has 3 aromatic carbocycles. The molecule has 0 radical (unpaired) electrons. The Labute approximate surface area is 273 Å². The first kappa shape index (κ1) is 32.7. The van der Waals surface area contributed by atoms with E-state index in [1.165, 1.54) is 0 Å². The quantitative estimate of drug-likeness (QED) is 0.0667. The number of unbranched alkanes of at least 4 members (excludes halogenated alkanes) is 1. The third-order valence-corrected chi connectivity index (χ3v) is 8.74. The van der Waals surface area contributed by atoms with Crippen LogP contribution in [0.4, 0.5) is 0 Å². The zero-order valence-electron chi connectivity index (χ0n) is 26.7. The molecule has 0 atom stereocenters. The Morgan fingerprint density at radius 1 is 1.00 bits per heavy atom. The van der Waals surface area contributed by atoms with Crippen molar-refractivity contribution in [2.45, 2.75) is 51.1 Å². The van der Waals surface area contributed by atoms with E-state index >= 15 is 0 Å². The molecular formula is C36H43BrN4O4. The number of ether oxygens (including phenoxy) is 3. The lowest BCUT2D eigenvalue weighted by Crippen LogP contribution is -2.16. The van der Waals surface area contributed by atoms with Gasteiger partial charge in [-0.3, -0.25) is 4.68 Å². The zero-order valence-corrected chi connectivity index (χ0v) is 28.3. The van der Waals surface area contributed by atoms with Gasteiger partial charge in [0.2, 0.25) is 0 Å².